The molecule has 0 aliphatic carbocycles. The minimum Gasteiger partial charge on any atom is -0.449 e. The Labute approximate surface area is 125 Å². The largest absolute Gasteiger partial charge is 0.511 e. The highest BCUT2D eigenvalue weighted by atomic mass is 16.7. The minimum atomic E-state index is -1.29. The molecule has 0 spiro atoms. The number of nitrogens with zero attached hydrogens (tertiary/aromatic N) is 3. The van der Waals surface area contributed by atoms with Crippen molar-refractivity contribution in [3.8, 4) is 5.75 Å². The number of ether oxygens (including phenoxy) is 1. The van der Waals surface area contributed by atoms with Gasteiger partial charge in [-0.3, -0.25) is 0 Å². The molecule has 0 unspecified atom stereocenters. The van der Waals surface area contributed by atoms with Crippen LogP contribution in [0.15, 0.2) is 36.5 Å². The number of nitro groups is 1. The van der Waals surface area contributed by atoms with Crippen LogP contribution in [-0.4, -0.2) is 37.4 Å². The maximum Gasteiger partial charge on any atom is 0.511 e. The number of carbonyl (C=O) groups is 1. The van der Waals surface area contributed by atoms with Crippen LogP contribution in [0, 0.1) is 17.0 Å². The molecular formula is C13H15N3O6. The standard InChI is InChI=1S/C7H6O3.C6H9N3O3/c8-7(9)10-6-4-2-1-3-5-6;1-5-7-4-6(9(11)12)8(5)2-3-10/h1-5H,(H,8,9);4,10H,2-3H2,1H3. The zero-order chi connectivity index (χ0) is 16.5. The van der Waals surface area contributed by atoms with E-state index >= 15 is 0 Å². The van der Waals surface area contributed by atoms with E-state index in [2.05, 4.69) is 9.72 Å². The Kier molecular flexibility index (Phi) is 6.51. The molecule has 22 heavy (non-hydrogen) atoms. The van der Waals surface area contributed by atoms with Gasteiger partial charge in [0, 0.05) is 6.92 Å². The van der Waals surface area contributed by atoms with Gasteiger partial charge in [0.2, 0.25) is 0 Å². The van der Waals surface area contributed by atoms with Crippen molar-refractivity contribution in [2.45, 2.75) is 13.5 Å². The molecule has 118 valence electrons. The number of aryl methyl sites for hydroxylation is 1. The zero-order valence-corrected chi connectivity index (χ0v) is 11.7. The molecule has 0 atom stereocenters. The van der Waals surface area contributed by atoms with Crippen LogP contribution in [0.1, 0.15) is 5.82 Å². The third-order valence-corrected chi connectivity index (χ3v) is 2.49. The number of hydrogen-bond acceptors (Lipinski definition) is 6. The van der Waals surface area contributed by atoms with Crippen molar-refractivity contribution in [2.24, 2.45) is 0 Å². The Hall–Kier alpha value is -2.94. The topological polar surface area (TPSA) is 128 Å². The summed E-state index contributed by atoms with van der Waals surface area (Å²) < 4.78 is 5.69. The first-order chi connectivity index (χ1) is 10.5. The number of rotatable bonds is 4. The molecule has 1 heterocycles. The molecule has 0 fully saturated rings. The third-order valence-electron chi connectivity index (χ3n) is 2.49. The zero-order valence-electron chi connectivity index (χ0n) is 11.7. The number of para-hydroxylation sites is 1. The molecule has 2 aromatic rings. The molecule has 0 saturated heterocycles. The van der Waals surface area contributed by atoms with Gasteiger partial charge in [-0.2, -0.15) is 0 Å². The SMILES string of the molecule is Cc1ncc([N+](=O)[O-])n1CCO.O=C(O)Oc1ccccc1. The van der Waals surface area contributed by atoms with E-state index in [0.29, 0.717) is 11.6 Å². The summed E-state index contributed by atoms with van der Waals surface area (Å²) >= 11 is 0. The van der Waals surface area contributed by atoms with Gasteiger partial charge in [0.25, 0.3) is 0 Å². The summed E-state index contributed by atoms with van der Waals surface area (Å²) in [6.07, 6.45) is -0.100. The van der Waals surface area contributed by atoms with Crippen molar-refractivity contribution in [3.05, 3.63) is 52.5 Å². The van der Waals surface area contributed by atoms with Gasteiger partial charge in [-0.25, -0.2) is 14.3 Å². The van der Waals surface area contributed by atoms with Crippen LogP contribution in [0.25, 0.3) is 0 Å². The fourth-order valence-corrected chi connectivity index (χ4v) is 1.57. The number of aliphatic hydroxyl groups is 1. The van der Waals surface area contributed by atoms with Gasteiger partial charge in [0.1, 0.15) is 18.5 Å². The lowest BCUT2D eigenvalue weighted by molar-refractivity contribution is -0.392. The van der Waals surface area contributed by atoms with Crippen molar-refractivity contribution in [2.75, 3.05) is 6.61 Å². The van der Waals surface area contributed by atoms with Gasteiger partial charge in [0.05, 0.1) is 6.61 Å². The van der Waals surface area contributed by atoms with Crippen LogP contribution in [0.5, 0.6) is 5.75 Å². The summed E-state index contributed by atoms with van der Waals surface area (Å²) in [5.74, 6) is 0.798. The van der Waals surface area contributed by atoms with E-state index in [1.54, 1.807) is 37.3 Å². The second-order valence-corrected chi connectivity index (χ2v) is 3.98. The van der Waals surface area contributed by atoms with Crippen molar-refractivity contribution < 1.29 is 24.7 Å². The van der Waals surface area contributed by atoms with E-state index in [1.165, 1.54) is 10.8 Å². The lowest BCUT2D eigenvalue weighted by Crippen LogP contribution is -2.07. The molecule has 0 radical (unpaired) electrons. The van der Waals surface area contributed by atoms with Gasteiger partial charge < -0.3 is 25.1 Å². The van der Waals surface area contributed by atoms with E-state index < -0.39 is 11.1 Å². The van der Waals surface area contributed by atoms with Crippen molar-refractivity contribution >= 4 is 12.0 Å². The number of aliphatic hydroxyl groups excluding tert-OH is 1. The van der Waals surface area contributed by atoms with Crippen LogP contribution in [0.3, 0.4) is 0 Å². The quantitative estimate of drug-likeness (QED) is 0.381. The molecule has 9 heteroatoms. The predicted molar refractivity (Wildman–Crippen MR) is 75.8 cm³/mol. The number of carboxylic acid groups (broad SMARTS) is 1. The van der Waals surface area contributed by atoms with Crippen LogP contribution >= 0.6 is 0 Å². The summed E-state index contributed by atoms with van der Waals surface area (Å²) in [6, 6.07) is 8.35. The lowest BCUT2D eigenvalue weighted by Gasteiger charge is -1.98. The van der Waals surface area contributed by atoms with Crippen molar-refractivity contribution in [1.82, 2.24) is 9.55 Å². The molecule has 0 aliphatic rings. The number of benzene rings is 1. The summed E-state index contributed by atoms with van der Waals surface area (Å²) in [6.45, 7) is 1.74. The smallest absolute Gasteiger partial charge is 0.449 e. The monoisotopic (exact) mass is 309 g/mol. The first kappa shape index (κ1) is 17.1. The highest BCUT2D eigenvalue weighted by molar-refractivity contribution is 5.60. The van der Waals surface area contributed by atoms with E-state index in [9.17, 15) is 14.9 Å². The van der Waals surface area contributed by atoms with Crippen LogP contribution < -0.4 is 4.74 Å². The predicted octanol–water partition coefficient (Wildman–Crippen LogP) is 1.84. The van der Waals surface area contributed by atoms with Gasteiger partial charge in [0.15, 0.2) is 5.82 Å². The maximum absolute atomic E-state index is 10.4. The van der Waals surface area contributed by atoms with E-state index in [-0.39, 0.29) is 19.0 Å². The average Bonchev–Trinajstić information content (AvgIpc) is 2.82. The van der Waals surface area contributed by atoms with Crippen LogP contribution in [0.2, 0.25) is 0 Å². The molecule has 0 bridgehead atoms. The van der Waals surface area contributed by atoms with E-state index in [1.807, 2.05) is 0 Å². The summed E-state index contributed by atoms with van der Waals surface area (Å²) in [5, 5.41) is 27.1. The second-order valence-electron chi connectivity index (χ2n) is 3.98. The summed E-state index contributed by atoms with van der Waals surface area (Å²) in [4.78, 5) is 23.6. The minimum absolute atomic E-state index is 0.0819. The molecule has 2 rings (SSSR count). The average molecular weight is 309 g/mol. The summed E-state index contributed by atoms with van der Waals surface area (Å²) in [7, 11) is 0. The highest BCUT2D eigenvalue weighted by Crippen LogP contribution is 2.12. The molecule has 2 N–H and O–H groups in total. The Morgan fingerprint density at radius 1 is 1.41 bits per heavy atom. The highest BCUT2D eigenvalue weighted by Gasteiger charge is 2.15. The Morgan fingerprint density at radius 3 is 2.55 bits per heavy atom. The molecule has 1 aromatic heterocycles. The van der Waals surface area contributed by atoms with Gasteiger partial charge in [-0.1, -0.05) is 18.2 Å². The first-order valence-corrected chi connectivity index (χ1v) is 6.19. The molecule has 9 nitrogen and oxygen atoms in total. The fraction of sp³-hybridized carbons (Fsp3) is 0.231. The fourth-order valence-electron chi connectivity index (χ4n) is 1.57. The Morgan fingerprint density at radius 2 is 2.05 bits per heavy atom. The second kappa shape index (κ2) is 8.37. The lowest BCUT2D eigenvalue weighted by atomic mass is 10.3. The van der Waals surface area contributed by atoms with E-state index in [4.69, 9.17) is 10.2 Å². The normalized spacial score (nSPS) is 9.55. The third kappa shape index (κ3) is 5.21. The van der Waals surface area contributed by atoms with E-state index in [0.717, 1.165) is 0 Å². The van der Waals surface area contributed by atoms with Gasteiger partial charge in [-0.15, -0.1) is 0 Å². The number of aromatic nitrogens is 2. The summed E-state index contributed by atoms with van der Waals surface area (Å²) in [5.41, 5.74) is 0. The van der Waals surface area contributed by atoms with Gasteiger partial charge in [-0.05, 0) is 17.1 Å². The van der Waals surface area contributed by atoms with Gasteiger partial charge >= 0.3 is 12.0 Å². The van der Waals surface area contributed by atoms with Crippen molar-refractivity contribution in [1.29, 1.82) is 0 Å². The first-order valence-electron chi connectivity index (χ1n) is 6.19. The van der Waals surface area contributed by atoms with Crippen molar-refractivity contribution in [3.63, 3.8) is 0 Å². The maximum atomic E-state index is 10.4. The Bertz CT molecular complexity index is 626. The molecule has 0 amide bonds. The molecule has 1 aromatic carbocycles. The van der Waals surface area contributed by atoms with Crippen LogP contribution in [-0.2, 0) is 6.54 Å². The molecule has 0 saturated carbocycles. The number of hydrogen-bond donors (Lipinski definition) is 2. The number of imidazole rings is 1. The molecular weight excluding hydrogens is 294 g/mol. The molecule has 0 aliphatic heterocycles. The van der Waals surface area contributed by atoms with Crippen LogP contribution in [0.4, 0.5) is 10.6 Å². The Balaban J connectivity index is 0.000000224.